The van der Waals surface area contributed by atoms with Gasteiger partial charge in [-0.15, -0.1) is 0 Å². The number of hydrogen-bond acceptors (Lipinski definition) is 5. The van der Waals surface area contributed by atoms with Crippen LogP contribution in [0.5, 0.6) is 0 Å². The fraction of sp³-hybridized carbons (Fsp3) is 0.467. The SMILES string of the molecule is CCCOC(=O)c1ccc(NC(=O)C2COCC2N)cc1. The molecule has 2 atom stereocenters. The molecule has 1 aromatic carbocycles. The third-order valence-corrected chi connectivity index (χ3v) is 3.29. The van der Waals surface area contributed by atoms with Crippen LogP contribution < -0.4 is 11.1 Å². The van der Waals surface area contributed by atoms with Gasteiger partial charge in [-0.2, -0.15) is 0 Å². The third kappa shape index (κ3) is 4.03. The quantitative estimate of drug-likeness (QED) is 0.795. The molecule has 0 radical (unpaired) electrons. The maximum absolute atomic E-state index is 12.0. The summed E-state index contributed by atoms with van der Waals surface area (Å²) in [6, 6.07) is 6.31. The van der Waals surface area contributed by atoms with Crippen LogP contribution in [0.1, 0.15) is 23.7 Å². The first kappa shape index (κ1) is 15.5. The summed E-state index contributed by atoms with van der Waals surface area (Å²) in [5.74, 6) is -0.860. The minimum absolute atomic E-state index is 0.165. The van der Waals surface area contributed by atoms with Gasteiger partial charge in [0.2, 0.25) is 5.91 Å². The Morgan fingerprint density at radius 3 is 2.62 bits per heavy atom. The molecule has 0 bridgehead atoms. The number of hydrogen-bond donors (Lipinski definition) is 2. The molecular formula is C15H20N2O4. The van der Waals surface area contributed by atoms with Gasteiger partial charge in [0.1, 0.15) is 0 Å². The first-order valence-corrected chi connectivity index (χ1v) is 7.03. The van der Waals surface area contributed by atoms with Crippen LogP contribution in [0.25, 0.3) is 0 Å². The van der Waals surface area contributed by atoms with Crippen LogP contribution in [0.2, 0.25) is 0 Å². The van der Waals surface area contributed by atoms with Crippen LogP contribution in [0.3, 0.4) is 0 Å². The molecule has 0 spiro atoms. The second-order valence-electron chi connectivity index (χ2n) is 5.01. The molecule has 1 heterocycles. The van der Waals surface area contributed by atoms with Crippen molar-refractivity contribution in [2.75, 3.05) is 25.1 Å². The van der Waals surface area contributed by atoms with Gasteiger partial charge in [0, 0.05) is 11.7 Å². The molecule has 6 nitrogen and oxygen atoms in total. The van der Waals surface area contributed by atoms with Crippen LogP contribution in [0.15, 0.2) is 24.3 Å². The Kier molecular flexibility index (Phi) is 5.30. The maximum Gasteiger partial charge on any atom is 0.338 e. The van der Waals surface area contributed by atoms with Gasteiger partial charge in [-0.3, -0.25) is 4.79 Å². The topological polar surface area (TPSA) is 90.6 Å². The van der Waals surface area contributed by atoms with Gasteiger partial charge in [0.05, 0.1) is 31.3 Å². The molecule has 1 aromatic rings. The lowest BCUT2D eigenvalue weighted by atomic mass is 10.0. The Bertz CT molecular complexity index is 501. The summed E-state index contributed by atoms with van der Waals surface area (Å²) in [4.78, 5) is 23.7. The lowest BCUT2D eigenvalue weighted by Crippen LogP contribution is -2.37. The lowest BCUT2D eigenvalue weighted by Gasteiger charge is -2.13. The smallest absolute Gasteiger partial charge is 0.338 e. The van der Waals surface area contributed by atoms with E-state index in [1.165, 1.54) is 0 Å². The van der Waals surface area contributed by atoms with Crippen LogP contribution in [0, 0.1) is 5.92 Å². The summed E-state index contributed by atoms with van der Waals surface area (Å²) in [6.07, 6.45) is 0.781. The molecule has 114 valence electrons. The fourth-order valence-electron chi connectivity index (χ4n) is 2.04. The van der Waals surface area contributed by atoms with Crippen LogP contribution in [0.4, 0.5) is 5.69 Å². The van der Waals surface area contributed by atoms with Crippen LogP contribution in [-0.4, -0.2) is 37.7 Å². The molecule has 1 fully saturated rings. The van der Waals surface area contributed by atoms with Gasteiger partial charge in [0.25, 0.3) is 0 Å². The zero-order valence-corrected chi connectivity index (χ0v) is 12.0. The highest BCUT2D eigenvalue weighted by Crippen LogP contribution is 2.16. The third-order valence-electron chi connectivity index (χ3n) is 3.29. The van der Waals surface area contributed by atoms with E-state index in [2.05, 4.69) is 5.32 Å². The van der Waals surface area contributed by atoms with E-state index in [1.54, 1.807) is 24.3 Å². The number of anilines is 1. The highest BCUT2D eigenvalue weighted by molar-refractivity contribution is 5.94. The lowest BCUT2D eigenvalue weighted by molar-refractivity contribution is -0.120. The standard InChI is InChI=1S/C15H20N2O4/c1-2-7-21-15(19)10-3-5-11(6-4-10)17-14(18)12-8-20-9-13(12)16/h3-6,12-13H,2,7-9,16H2,1H3,(H,17,18). The average Bonchev–Trinajstić information content (AvgIpc) is 2.91. The Hall–Kier alpha value is -1.92. The number of ether oxygens (including phenoxy) is 2. The number of nitrogens with one attached hydrogen (secondary N) is 1. The number of carbonyl (C=O) groups excluding carboxylic acids is 2. The van der Waals surface area contributed by atoms with Crippen molar-refractivity contribution >= 4 is 17.6 Å². The second kappa shape index (κ2) is 7.19. The molecule has 1 saturated heterocycles. The van der Waals surface area contributed by atoms with Crippen molar-refractivity contribution in [3.05, 3.63) is 29.8 Å². The van der Waals surface area contributed by atoms with Gasteiger partial charge in [-0.1, -0.05) is 6.92 Å². The Morgan fingerprint density at radius 2 is 2.05 bits per heavy atom. The molecule has 1 amide bonds. The van der Waals surface area contributed by atoms with Crippen LogP contribution >= 0.6 is 0 Å². The number of esters is 1. The van der Waals surface area contributed by atoms with E-state index >= 15 is 0 Å². The fourth-order valence-corrected chi connectivity index (χ4v) is 2.04. The molecule has 6 heteroatoms. The zero-order chi connectivity index (χ0) is 15.2. The first-order valence-electron chi connectivity index (χ1n) is 7.03. The van der Waals surface area contributed by atoms with Gasteiger partial charge in [-0.05, 0) is 30.7 Å². The van der Waals surface area contributed by atoms with Gasteiger partial charge in [-0.25, -0.2) is 4.79 Å². The number of benzene rings is 1. The second-order valence-corrected chi connectivity index (χ2v) is 5.01. The van der Waals surface area contributed by atoms with E-state index in [1.807, 2.05) is 6.92 Å². The molecule has 1 aliphatic rings. The summed E-state index contributed by atoms with van der Waals surface area (Å²) >= 11 is 0. The van der Waals surface area contributed by atoms with E-state index < -0.39 is 0 Å². The van der Waals surface area contributed by atoms with E-state index in [-0.39, 0.29) is 23.8 Å². The largest absolute Gasteiger partial charge is 0.462 e. The molecule has 21 heavy (non-hydrogen) atoms. The molecule has 1 aliphatic heterocycles. The molecule has 2 rings (SSSR count). The number of nitrogens with two attached hydrogens (primary N) is 1. The first-order chi connectivity index (χ1) is 10.1. The van der Waals surface area contributed by atoms with E-state index in [0.29, 0.717) is 31.1 Å². The minimum Gasteiger partial charge on any atom is -0.462 e. The van der Waals surface area contributed by atoms with Crippen molar-refractivity contribution in [3.63, 3.8) is 0 Å². The summed E-state index contributed by atoms with van der Waals surface area (Å²) in [5.41, 5.74) is 6.87. The molecule has 0 aromatic heterocycles. The summed E-state index contributed by atoms with van der Waals surface area (Å²) in [7, 11) is 0. The Labute approximate surface area is 123 Å². The van der Waals surface area contributed by atoms with Crippen molar-refractivity contribution in [2.24, 2.45) is 11.7 Å². The van der Waals surface area contributed by atoms with E-state index in [9.17, 15) is 9.59 Å². The number of carbonyl (C=O) groups is 2. The van der Waals surface area contributed by atoms with Gasteiger partial charge < -0.3 is 20.5 Å². The predicted octanol–water partition coefficient (Wildman–Crippen LogP) is 1.17. The Morgan fingerprint density at radius 1 is 1.33 bits per heavy atom. The summed E-state index contributed by atoms with van der Waals surface area (Å²) < 4.78 is 10.2. The molecular weight excluding hydrogens is 272 g/mol. The zero-order valence-electron chi connectivity index (χ0n) is 12.0. The van der Waals surface area contributed by atoms with Gasteiger partial charge in [0.15, 0.2) is 0 Å². The van der Waals surface area contributed by atoms with Crippen molar-refractivity contribution in [1.82, 2.24) is 0 Å². The van der Waals surface area contributed by atoms with Crippen molar-refractivity contribution in [1.29, 1.82) is 0 Å². The molecule has 0 aliphatic carbocycles. The molecule has 2 unspecified atom stereocenters. The van der Waals surface area contributed by atoms with Crippen molar-refractivity contribution in [3.8, 4) is 0 Å². The number of amides is 1. The van der Waals surface area contributed by atoms with Crippen molar-refractivity contribution < 1.29 is 19.1 Å². The Balaban J connectivity index is 1.93. The molecule has 0 saturated carbocycles. The highest BCUT2D eigenvalue weighted by atomic mass is 16.5. The van der Waals surface area contributed by atoms with E-state index in [0.717, 1.165) is 6.42 Å². The minimum atomic E-state index is -0.360. The molecule has 3 N–H and O–H groups in total. The monoisotopic (exact) mass is 292 g/mol. The highest BCUT2D eigenvalue weighted by Gasteiger charge is 2.31. The normalized spacial score (nSPS) is 21.0. The summed E-state index contributed by atoms with van der Waals surface area (Å²) in [6.45, 7) is 3.08. The number of rotatable bonds is 5. The van der Waals surface area contributed by atoms with E-state index in [4.69, 9.17) is 15.2 Å². The average molecular weight is 292 g/mol. The summed E-state index contributed by atoms with van der Waals surface area (Å²) in [5, 5.41) is 2.77. The maximum atomic E-state index is 12.0. The van der Waals surface area contributed by atoms with Crippen molar-refractivity contribution in [2.45, 2.75) is 19.4 Å². The predicted molar refractivity (Wildman–Crippen MR) is 77.9 cm³/mol. The van der Waals surface area contributed by atoms with Crippen LogP contribution in [-0.2, 0) is 14.3 Å². The van der Waals surface area contributed by atoms with Gasteiger partial charge >= 0.3 is 5.97 Å².